The standard InChI is InChI=1S/C26H34ClN3O/c27-25-8-3-2-7-24(25)21-9-11-22(12-10-21)26(31)28-15-6-16-29-19-13-23(14-20-29)30-17-4-1-5-18-30/h2-3,7-12,23H,1,4-6,13-20H2,(H,28,31). The number of amides is 1. The van der Waals surface area contributed by atoms with Gasteiger partial charge in [-0.2, -0.15) is 0 Å². The third-order valence-corrected chi connectivity index (χ3v) is 7.06. The summed E-state index contributed by atoms with van der Waals surface area (Å²) in [5.74, 6) is -0.00508. The molecule has 31 heavy (non-hydrogen) atoms. The molecule has 2 heterocycles. The summed E-state index contributed by atoms with van der Waals surface area (Å²) in [6, 6.07) is 16.2. The van der Waals surface area contributed by atoms with Crippen LogP contribution < -0.4 is 5.32 Å². The Kier molecular flexibility index (Phi) is 8.01. The lowest BCUT2D eigenvalue weighted by atomic mass is 10.00. The van der Waals surface area contributed by atoms with Crippen molar-refractivity contribution in [2.75, 3.05) is 39.3 Å². The zero-order valence-corrected chi connectivity index (χ0v) is 19.1. The van der Waals surface area contributed by atoms with Crippen molar-refractivity contribution in [1.29, 1.82) is 0 Å². The summed E-state index contributed by atoms with van der Waals surface area (Å²) in [7, 11) is 0. The Morgan fingerprint density at radius 1 is 0.935 bits per heavy atom. The number of carbonyl (C=O) groups is 1. The first kappa shape index (κ1) is 22.3. The van der Waals surface area contributed by atoms with Crippen molar-refractivity contribution >= 4 is 17.5 Å². The van der Waals surface area contributed by atoms with Gasteiger partial charge in [-0.05, 0) is 88.6 Å². The lowest BCUT2D eigenvalue weighted by molar-refractivity contribution is 0.0903. The molecular formula is C26H34ClN3O. The maximum Gasteiger partial charge on any atom is 0.251 e. The highest BCUT2D eigenvalue weighted by Gasteiger charge is 2.25. The molecule has 0 aromatic heterocycles. The fourth-order valence-electron chi connectivity index (χ4n) is 4.89. The Labute approximate surface area is 191 Å². The van der Waals surface area contributed by atoms with Crippen molar-refractivity contribution in [2.24, 2.45) is 0 Å². The van der Waals surface area contributed by atoms with E-state index in [-0.39, 0.29) is 5.91 Å². The Balaban J connectivity index is 1.16. The van der Waals surface area contributed by atoms with Crippen molar-refractivity contribution in [3.8, 4) is 11.1 Å². The van der Waals surface area contributed by atoms with Crippen LogP contribution in [0.3, 0.4) is 0 Å². The smallest absolute Gasteiger partial charge is 0.251 e. The number of halogens is 1. The minimum atomic E-state index is -0.00508. The van der Waals surface area contributed by atoms with Crippen molar-refractivity contribution in [3.05, 3.63) is 59.1 Å². The highest BCUT2D eigenvalue weighted by molar-refractivity contribution is 6.33. The van der Waals surface area contributed by atoms with Crippen LogP contribution in [0.1, 0.15) is 48.9 Å². The van der Waals surface area contributed by atoms with Crippen LogP contribution >= 0.6 is 11.6 Å². The first-order valence-corrected chi connectivity index (χ1v) is 12.2. The molecule has 0 atom stereocenters. The number of rotatable bonds is 7. The SMILES string of the molecule is O=C(NCCCN1CCC(N2CCCCC2)CC1)c1ccc(-c2ccccc2Cl)cc1. The second-order valence-corrected chi connectivity index (χ2v) is 9.24. The van der Waals surface area contributed by atoms with Crippen molar-refractivity contribution in [1.82, 2.24) is 15.1 Å². The summed E-state index contributed by atoms with van der Waals surface area (Å²) >= 11 is 6.27. The molecular weight excluding hydrogens is 406 g/mol. The fraction of sp³-hybridized carbons (Fsp3) is 0.500. The molecule has 0 spiro atoms. The first-order valence-electron chi connectivity index (χ1n) is 11.8. The molecule has 2 fully saturated rings. The van der Waals surface area contributed by atoms with Gasteiger partial charge in [-0.3, -0.25) is 4.79 Å². The molecule has 166 valence electrons. The highest BCUT2D eigenvalue weighted by Crippen LogP contribution is 2.27. The van der Waals surface area contributed by atoms with Crippen LogP contribution in [0.15, 0.2) is 48.5 Å². The van der Waals surface area contributed by atoms with E-state index in [0.717, 1.165) is 41.7 Å². The van der Waals surface area contributed by atoms with E-state index in [1.54, 1.807) is 0 Å². The second-order valence-electron chi connectivity index (χ2n) is 8.84. The molecule has 2 saturated heterocycles. The summed E-state index contributed by atoms with van der Waals surface area (Å²) in [5.41, 5.74) is 2.70. The number of piperidine rings is 2. The molecule has 4 rings (SSSR count). The fourth-order valence-corrected chi connectivity index (χ4v) is 5.14. The van der Waals surface area contributed by atoms with Crippen LogP contribution in [0.5, 0.6) is 0 Å². The number of hydrogen-bond donors (Lipinski definition) is 1. The largest absolute Gasteiger partial charge is 0.352 e. The van der Waals surface area contributed by atoms with Crippen LogP contribution in [0.25, 0.3) is 11.1 Å². The molecule has 2 aromatic carbocycles. The van der Waals surface area contributed by atoms with Gasteiger partial charge >= 0.3 is 0 Å². The van der Waals surface area contributed by atoms with E-state index in [9.17, 15) is 4.79 Å². The van der Waals surface area contributed by atoms with Crippen molar-refractivity contribution < 1.29 is 4.79 Å². The molecule has 5 heteroatoms. The van der Waals surface area contributed by atoms with Gasteiger partial charge in [0.2, 0.25) is 0 Å². The third-order valence-electron chi connectivity index (χ3n) is 6.73. The van der Waals surface area contributed by atoms with E-state index in [4.69, 9.17) is 11.6 Å². The van der Waals surface area contributed by atoms with Crippen LogP contribution in [0.2, 0.25) is 5.02 Å². The molecule has 0 bridgehead atoms. The van der Waals surface area contributed by atoms with E-state index < -0.39 is 0 Å². The van der Waals surface area contributed by atoms with Crippen LogP contribution in [-0.2, 0) is 0 Å². The molecule has 1 N–H and O–H groups in total. The average molecular weight is 440 g/mol. The summed E-state index contributed by atoms with van der Waals surface area (Å²) in [6.07, 6.45) is 7.75. The molecule has 0 radical (unpaired) electrons. The number of hydrogen-bond acceptors (Lipinski definition) is 3. The monoisotopic (exact) mass is 439 g/mol. The number of likely N-dealkylation sites (tertiary alicyclic amines) is 2. The molecule has 2 aromatic rings. The Morgan fingerprint density at radius 2 is 1.65 bits per heavy atom. The van der Waals surface area contributed by atoms with E-state index in [0.29, 0.717) is 5.56 Å². The maximum atomic E-state index is 12.5. The quantitative estimate of drug-likeness (QED) is 0.611. The molecule has 0 aliphatic carbocycles. The van der Waals surface area contributed by atoms with Crippen LogP contribution in [-0.4, -0.2) is 61.0 Å². The minimum absolute atomic E-state index is 0.00508. The zero-order chi connectivity index (χ0) is 21.5. The summed E-state index contributed by atoms with van der Waals surface area (Å²) in [5, 5.41) is 3.79. The van der Waals surface area contributed by atoms with Crippen molar-refractivity contribution in [2.45, 2.75) is 44.6 Å². The van der Waals surface area contributed by atoms with Gasteiger partial charge in [0.05, 0.1) is 0 Å². The normalized spacial score (nSPS) is 18.7. The van der Waals surface area contributed by atoms with Gasteiger partial charge in [-0.25, -0.2) is 0 Å². The third kappa shape index (κ3) is 6.09. The molecule has 2 aliphatic heterocycles. The topological polar surface area (TPSA) is 35.6 Å². The lowest BCUT2D eigenvalue weighted by Crippen LogP contribution is -2.47. The Bertz CT molecular complexity index is 840. The van der Waals surface area contributed by atoms with Gasteiger partial charge in [0.15, 0.2) is 0 Å². The lowest BCUT2D eigenvalue weighted by Gasteiger charge is -2.40. The first-order chi connectivity index (χ1) is 15.2. The molecule has 2 aliphatic rings. The van der Waals surface area contributed by atoms with Crippen LogP contribution in [0.4, 0.5) is 0 Å². The summed E-state index contributed by atoms with van der Waals surface area (Å²) < 4.78 is 0. The number of nitrogens with one attached hydrogen (secondary N) is 1. The molecule has 1 amide bonds. The van der Waals surface area contributed by atoms with Gasteiger partial charge in [0, 0.05) is 28.7 Å². The highest BCUT2D eigenvalue weighted by atomic mass is 35.5. The average Bonchev–Trinajstić information content (AvgIpc) is 2.83. The minimum Gasteiger partial charge on any atom is -0.352 e. The molecule has 0 saturated carbocycles. The summed E-state index contributed by atoms with van der Waals surface area (Å²) in [6.45, 7) is 6.78. The van der Waals surface area contributed by atoms with Gasteiger partial charge in [-0.1, -0.05) is 48.4 Å². The molecule has 4 nitrogen and oxygen atoms in total. The van der Waals surface area contributed by atoms with Gasteiger partial charge in [0.25, 0.3) is 5.91 Å². The number of benzene rings is 2. The summed E-state index contributed by atoms with van der Waals surface area (Å²) in [4.78, 5) is 17.8. The van der Waals surface area contributed by atoms with Gasteiger partial charge < -0.3 is 15.1 Å². The van der Waals surface area contributed by atoms with E-state index in [1.807, 2.05) is 48.5 Å². The molecule has 0 unspecified atom stereocenters. The maximum absolute atomic E-state index is 12.5. The van der Waals surface area contributed by atoms with E-state index in [2.05, 4.69) is 15.1 Å². The second kappa shape index (κ2) is 11.1. The van der Waals surface area contributed by atoms with Gasteiger partial charge in [-0.15, -0.1) is 0 Å². The van der Waals surface area contributed by atoms with E-state index >= 15 is 0 Å². The van der Waals surface area contributed by atoms with E-state index in [1.165, 1.54) is 58.3 Å². The Morgan fingerprint density at radius 3 is 2.35 bits per heavy atom. The zero-order valence-electron chi connectivity index (χ0n) is 18.4. The number of carbonyl (C=O) groups excluding carboxylic acids is 1. The Hall–Kier alpha value is -1.88. The predicted molar refractivity (Wildman–Crippen MR) is 129 cm³/mol. The number of nitrogens with zero attached hydrogens (tertiary/aromatic N) is 2. The van der Waals surface area contributed by atoms with Gasteiger partial charge in [0.1, 0.15) is 0 Å². The van der Waals surface area contributed by atoms with Crippen molar-refractivity contribution in [3.63, 3.8) is 0 Å². The van der Waals surface area contributed by atoms with Crippen LogP contribution in [0, 0.1) is 0 Å². The predicted octanol–water partition coefficient (Wildman–Crippen LogP) is 5.08.